The van der Waals surface area contributed by atoms with Gasteiger partial charge in [-0.1, -0.05) is 143 Å². The van der Waals surface area contributed by atoms with E-state index in [1.807, 2.05) is 13.0 Å². The van der Waals surface area contributed by atoms with Crippen LogP contribution in [-0.2, 0) is 38.0 Å². The normalized spacial score (nSPS) is 15.4. The van der Waals surface area contributed by atoms with E-state index in [9.17, 15) is 24.9 Å². The molecule has 4 aromatic rings. The van der Waals surface area contributed by atoms with Gasteiger partial charge in [-0.2, -0.15) is 0 Å². The lowest BCUT2D eigenvalue weighted by atomic mass is 9.69. The van der Waals surface area contributed by atoms with Crippen LogP contribution in [0.1, 0.15) is 215 Å². The van der Waals surface area contributed by atoms with Crippen molar-refractivity contribution in [3.8, 4) is 11.5 Å². The van der Waals surface area contributed by atoms with E-state index in [0.717, 1.165) is 100 Å². The summed E-state index contributed by atoms with van der Waals surface area (Å²) in [4.78, 5) is 22.1. The van der Waals surface area contributed by atoms with Gasteiger partial charge in [0.15, 0.2) is 0 Å². The number of hydrogen-bond acceptors (Lipinski definition) is 8. The van der Waals surface area contributed by atoms with Crippen LogP contribution in [0.4, 0.5) is 0 Å². The molecule has 0 bridgehead atoms. The Kier molecular flexibility index (Phi) is 24.0. The molecule has 5 rings (SSSR count). The number of benzene rings is 4. The lowest BCUT2D eigenvalue weighted by Crippen LogP contribution is -2.29. The van der Waals surface area contributed by atoms with E-state index < -0.39 is 12.1 Å². The highest BCUT2D eigenvalue weighted by atomic mass is 16.6. The molecular weight excluding hydrogens is 937 g/mol. The topological polar surface area (TPSA) is 143 Å². The Morgan fingerprint density at radius 1 is 0.600 bits per heavy atom. The molecule has 0 radical (unpaired) electrons. The van der Waals surface area contributed by atoms with E-state index in [1.54, 1.807) is 0 Å². The van der Waals surface area contributed by atoms with Crippen LogP contribution in [0.3, 0.4) is 0 Å². The average Bonchev–Trinajstić information content (AvgIpc) is 3.80. The monoisotopic (exact) mass is 1030 g/mol. The molecule has 1 heterocycles. The van der Waals surface area contributed by atoms with Crippen molar-refractivity contribution < 1.29 is 44.2 Å². The van der Waals surface area contributed by atoms with Crippen LogP contribution in [-0.4, -0.2) is 70.0 Å². The van der Waals surface area contributed by atoms with Crippen molar-refractivity contribution in [2.24, 2.45) is 10.8 Å². The van der Waals surface area contributed by atoms with Gasteiger partial charge >= 0.3 is 11.9 Å². The molecule has 0 amide bonds. The summed E-state index contributed by atoms with van der Waals surface area (Å²) in [7, 11) is 0. The van der Waals surface area contributed by atoms with E-state index in [4.69, 9.17) is 19.3 Å². The van der Waals surface area contributed by atoms with Crippen molar-refractivity contribution in [3.05, 3.63) is 128 Å². The summed E-state index contributed by atoms with van der Waals surface area (Å²) in [5.74, 6) is 0.509. The third kappa shape index (κ3) is 16.7. The Morgan fingerprint density at radius 2 is 1.00 bits per heavy atom. The second-order valence-corrected chi connectivity index (χ2v) is 23.3. The van der Waals surface area contributed by atoms with Crippen LogP contribution in [0.5, 0.6) is 11.5 Å². The highest BCUT2D eigenvalue weighted by Crippen LogP contribution is 2.43. The van der Waals surface area contributed by atoms with Gasteiger partial charge < -0.3 is 34.6 Å². The van der Waals surface area contributed by atoms with Crippen molar-refractivity contribution in [2.45, 2.75) is 235 Å². The summed E-state index contributed by atoms with van der Waals surface area (Å²) < 4.78 is 17.2. The number of carboxylic acids is 1. The summed E-state index contributed by atoms with van der Waals surface area (Å²) in [6.07, 6.45) is 11.2. The first-order valence-corrected chi connectivity index (χ1v) is 28.6. The number of cyclic esters (lactones) is 1. The van der Waals surface area contributed by atoms with E-state index in [2.05, 4.69) is 157 Å². The minimum Gasteiger partial charge on any atom is -0.491 e. The van der Waals surface area contributed by atoms with Gasteiger partial charge in [0.2, 0.25) is 0 Å². The molecule has 1 saturated heterocycles. The number of aliphatic carboxylic acids is 1. The molecule has 0 spiro atoms. The van der Waals surface area contributed by atoms with Gasteiger partial charge in [0.1, 0.15) is 30.8 Å². The van der Waals surface area contributed by atoms with Gasteiger partial charge in [0.25, 0.3) is 0 Å². The molecule has 2 unspecified atom stereocenters. The van der Waals surface area contributed by atoms with Crippen LogP contribution < -0.4 is 9.47 Å². The Bertz CT molecular complexity index is 2420. The van der Waals surface area contributed by atoms with E-state index in [1.165, 1.54) is 44.5 Å². The Morgan fingerprint density at radius 3 is 1.35 bits per heavy atom. The Labute approximate surface area is 453 Å². The molecule has 4 aromatic carbocycles. The summed E-state index contributed by atoms with van der Waals surface area (Å²) in [6.45, 7) is 31.0. The van der Waals surface area contributed by atoms with Crippen LogP contribution in [0.25, 0.3) is 0 Å². The number of aryl methyl sites for hydroxylation is 6. The molecule has 9 nitrogen and oxygen atoms in total. The zero-order valence-electron chi connectivity index (χ0n) is 48.8. The van der Waals surface area contributed by atoms with Gasteiger partial charge in [-0.3, -0.25) is 9.59 Å². The van der Waals surface area contributed by atoms with E-state index >= 15 is 0 Å². The standard InChI is InChI=1S/C33H50O5.C33H48O4/c1-8-19-32(6,7)30(35)17-12-25-11-13-26(20-23(25)4)33(9-2,10-3)27-14-16-29(24(5)21-27)38-22-28(34)15-18-31(36)37;1-8-19-32(6,7)30(34)17-12-25-11-13-26(20-23(25)4)33(9-2,10-3)27-14-16-29(24(5)21-27)36-22-28-15-18-31(35)37-28/h11,13-14,16,20-21,28,30,34-35H,8-10,12,15,17-19,22H2,1-7H3,(H,36,37);11,13-14,16,20-21,28,30,34H,8-10,12,15,17-19,22H2,1-7H3/t2*28-,30?/m00/s1. The molecule has 4 N–H and O–H groups in total. The molecule has 416 valence electrons. The number of carbonyl (C=O) groups excluding carboxylic acids is 1. The number of aliphatic hydroxyl groups is 3. The zero-order valence-corrected chi connectivity index (χ0v) is 48.8. The Hall–Kier alpha value is -4.70. The second-order valence-electron chi connectivity index (χ2n) is 23.3. The number of aliphatic hydroxyl groups excluding tert-OH is 3. The van der Waals surface area contributed by atoms with Crippen LogP contribution in [0, 0.1) is 38.5 Å². The lowest BCUT2D eigenvalue weighted by molar-refractivity contribution is -0.142. The average molecular weight is 1040 g/mol. The first-order chi connectivity index (χ1) is 35.5. The third-order valence-corrected chi connectivity index (χ3v) is 17.1. The van der Waals surface area contributed by atoms with E-state index in [-0.39, 0.29) is 65.4 Å². The minimum atomic E-state index is -0.920. The van der Waals surface area contributed by atoms with Gasteiger partial charge in [-0.25, -0.2) is 0 Å². The van der Waals surface area contributed by atoms with Gasteiger partial charge in [0, 0.05) is 23.7 Å². The molecule has 1 aliphatic heterocycles. The van der Waals surface area contributed by atoms with Crippen molar-refractivity contribution >= 4 is 11.9 Å². The molecule has 0 saturated carbocycles. The fourth-order valence-corrected chi connectivity index (χ4v) is 11.7. The van der Waals surface area contributed by atoms with Crippen LogP contribution >= 0.6 is 0 Å². The van der Waals surface area contributed by atoms with Gasteiger partial charge in [0.05, 0.1) is 18.3 Å². The highest BCUT2D eigenvalue weighted by molar-refractivity contribution is 5.71. The van der Waals surface area contributed by atoms with Gasteiger partial charge in [-0.15, -0.1) is 0 Å². The number of ether oxygens (including phenoxy) is 3. The van der Waals surface area contributed by atoms with Crippen LogP contribution in [0.15, 0.2) is 72.8 Å². The number of hydrogen-bond donors (Lipinski definition) is 4. The molecule has 0 aromatic heterocycles. The lowest BCUT2D eigenvalue weighted by Gasteiger charge is -2.34. The maximum absolute atomic E-state index is 11.4. The number of esters is 1. The van der Waals surface area contributed by atoms with E-state index in [0.29, 0.717) is 18.8 Å². The quantitative estimate of drug-likeness (QED) is 0.0391. The molecule has 9 heteroatoms. The molecular formula is C66H98O9. The predicted molar refractivity (Wildman–Crippen MR) is 306 cm³/mol. The summed E-state index contributed by atoms with van der Waals surface area (Å²) in [5.41, 5.74) is 12.2. The van der Waals surface area contributed by atoms with Crippen molar-refractivity contribution in [1.29, 1.82) is 0 Å². The number of carboxylic acid groups (broad SMARTS) is 1. The van der Waals surface area contributed by atoms with Crippen molar-refractivity contribution in [2.75, 3.05) is 13.2 Å². The van der Waals surface area contributed by atoms with Crippen LogP contribution in [0.2, 0.25) is 0 Å². The smallest absolute Gasteiger partial charge is 0.306 e. The predicted octanol–water partition coefficient (Wildman–Crippen LogP) is 14.7. The summed E-state index contributed by atoms with van der Waals surface area (Å²) >= 11 is 0. The van der Waals surface area contributed by atoms with Crippen molar-refractivity contribution in [1.82, 2.24) is 0 Å². The molecule has 0 aliphatic carbocycles. The molecule has 1 aliphatic rings. The summed E-state index contributed by atoms with van der Waals surface area (Å²) in [5, 5.41) is 40.4. The third-order valence-electron chi connectivity index (χ3n) is 17.1. The SMILES string of the molecule is CCCC(C)(C)C(O)CCc1ccc(C(CC)(CC)c2ccc(OC[C@@H](O)CCC(=O)O)c(C)c2)cc1C.CCCC(C)(C)C(O)CCc1ccc(C(CC)(CC)c2ccc(OC[C@@H]3CCC(=O)O3)c(C)c2)cc1C. The molecule has 4 atom stereocenters. The number of carbonyl (C=O) groups is 2. The number of rotatable bonds is 29. The Balaban J connectivity index is 0.000000325. The first-order valence-electron chi connectivity index (χ1n) is 28.6. The highest BCUT2D eigenvalue weighted by Gasteiger charge is 2.34. The minimum absolute atomic E-state index is 0.0442. The zero-order chi connectivity index (χ0) is 55.7. The molecule has 1 fully saturated rings. The first kappa shape index (κ1) is 62.8. The maximum atomic E-state index is 11.4. The maximum Gasteiger partial charge on any atom is 0.306 e. The fourth-order valence-electron chi connectivity index (χ4n) is 11.7. The van der Waals surface area contributed by atoms with Gasteiger partial charge in [-0.05, 0) is 183 Å². The van der Waals surface area contributed by atoms with Crippen molar-refractivity contribution in [3.63, 3.8) is 0 Å². The summed E-state index contributed by atoms with van der Waals surface area (Å²) in [6, 6.07) is 26.6. The molecule has 75 heavy (non-hydrogen) atoms. The largest absolute Gasteiger partial charge is 0.491 e. The fraction of sp³-hybridized carbons (Fsp3) is 0.606. The second kappa shape index (κ2) is 28.6.